The maximum Gasteiger partial charge on any atom is 0.407 e. The van der Waals surface area contributed by atoms with Crippen LogP contribution in [-0.4, -0.2) is 35.6 Å². The van der Waals surface area contributed by atoms with E-state index in [-0.39, 0.29) is 17.8 Å². The molecule has 0 radical (unpaired) electrons. The zero-order chi connectivity index (χ0) is 21.0. The van der Waals surface area contributed by atoms with Crippen molar-refractivity contribution in [3.8, 4) is 0 Å². The molecule has 1 aromatic heterocycles. The summed E-state index contributed by atoms with van der Waals surface area (Å²) in [7, 11) is 0. The van der Waals surface area contributed by atoms with Gasteiger partial charge in [-0.05, 0) is 77.2 Å². The summed E-state index contributed by atoms with van der Waals surface area (Å²) in [4.78, 5) is 28.4. The molecule has 0 aromatic carbocycles. The summed E-state index contributed by atoms with van der Waals surface area (Å²) in [5, 5.41) is 6.73. The van der Waals surface area contributed by atoms with E-state index in [2.05, 4.69) is 15.6 Å². The molecule has 29 heavy (non-hydrogen) atoms. The molecule has 7 heteroatoms. The number of ether oxygens (including phenoxy) is 1. The van der Waals surface area contributed by atoms with Crippen LogP contribution >= 0.6 is 11.6 Å². The summed E-state index contributed by atoms with van der Waals surface area (Å²) in [6.07, 6.45) is 7.55. The van der Waals surface area contributed by atoms with E-state index >= 15 is 0 Å². The van der Waals surface area contributed by atoms with Gasteiger partial charge in [-0.15, -0.1) is 0 Å². The minimum atomic E-state index is -0.469. The van der Waals surface area contributed by atoms with Gasteiger partial charge in [0.15, 0.2) is 5.78 Å². The smallest absolute Gasteiger partial charge is 0.407 e. The number of halogens is 1. The first-order chi connectivity index (χ1) is 13.7. The van der Waals surface area contributed by atoms with Crippen molar-refractivity contribution in [2.45, 2.75) is 64.9 Å². The average molecular weight is 422 g/mol. The van der Waals surface area contributed by atoms with Crippen molar-refractivity contribution in [2.24, 2.45) is 17.8 Å². The molecular formula is C22H32ClN3O3. The molecular weight excluding hydrogens is 390 g/mol. The van der Waals surface area contributed by atoms with Crippen LogP contribution in [0.25, 0.3) is 0 Å². The van der Waals surface area contributed by atoms with Crippen molar-refractivity contribution in [3.05, 3.63) is 23.0 Å². The number of aromatic nitrogens is 1. The fourth-order valence-corrected chi connectivity index (χ4v) is 3.93. The SMILES string of the molecule is CC(C)(C)OC(=O)NCC1CCC(CNc2cc(Cl)ncc2C(=O)C2CC2)CC1. The first kappa shape index (κ1) is 21.9. The predicted molar refractivity (Wildman–Crippen MR) is 114 cm³/mol. The van der Waals surface area contributed by atoms with Crippen LogP contribution in [-0.2, 0) is 4.74 Å². The standard InChI is InChI=1S/C22H32ClN3O3/c1-22(2,3)29-21(28)26-12-15-6-4-14(5-7-15)11-24-18-10-19(23)25-13-17(18)20(27)16-8-9-16/h10,13-16H,4-9,11-12H2,1-3H3,(H,24,25)(H,26,28). The van der Waals surface area contributed by atoms with E-state index in [0.717, 1.165) is 50.8 Å². The van der Waals surface area contributed by atoms with Crippen molar-refractivity contribution in [2.75, 3.05) is 18.4 Å². The molecule has 2 aliphatic carbocycles. The minimum absolute atomic E-state index is 0.159. The lowest BCUT2D eigenvalue weighted by molar-refractivity contribution is 0.0513. The van der Waals surface area contributed by atoms with E-state index in [4.69, 9.17) is 16.3 Å². The van der Waals surface area contributed by atoms with Crippen LogP contribution in [0.15, 0.2) is 12.3 Å². The lowest BCUT2D eigenvalue weighted by Crippen LogP contribution is -2.36. The summed E-state index contributed by atoms with van der Waals surface area (Å²) in [6.45, 7) is 7.08. The van der Waals surface area contributed by atoms with Gasteiger partial charge in [0.1, 0.15) is 10.8 Å². The number of carbonyl (C=O) groups is 2. The van der Waals surface area contributed by atoms with Crippen LogP contribution in [0, 0.1) is 17.8 Å². The van der Waals surface area contributed by atoms with Crippen molar-refractivity contribution < 1.29 is 14.3 Å². The van der Waals surface area contributed by atoms with E-state index in [1.165, 1.54) is 0 Å². The number of pyridine rings is 1. The second-order valence-corrected chi connectivity index (χ2v) is 9.73. The van der Waals surface area contributed by atoms with Crippen molar-refractivity contribution in [3.63, 3.8) is 0 Å². The molecule has 1 heterocycles. The Labute approximate surface area is 178 Å². The monoisotopic (exact) mass is 421 g/mol. The highest BCUT2D eigenvalue weighted by Gasteiger charge is 2.32. The Kier molecular flexibility index (Phi) is 7.04. The van der Waals surface area contributed by atoms with Crippen molar-refractivity contribution in [1.29, 1.82) is 0 Å². The third-order valence-electron chi connectivity index (χ3n) is 5.57. The number of nitrogens with zero attached hydrogens (tertiary/aromatic N) is 1. The molecule has 0 aliphatic heterocycles. The lowest BCUT2D eigenvalue weighted by atomic mass is 9.82. The highest BCUT2D eigenvalue weighted by atomic mass is 35.5. The first-order valence-electron chi connectivity index (χ1n) is 10.6. The number of anilines is 1. The quantitative estimate of drug-likeness (QED) is 0.474. The number of amides is 1. The van der Waals surface area contributed by atoms with Gasteiger partial charge in [0.2, 0.25) is 0 Å². The van der Waals surface area contributed by atoms with Gasteiger partial charge in [-0.3, -0.25) is 4.79 Å². The molecule has 1 amide bonds. The highest BCUT2D eigenvalue weighted by molar-refractivity contribution is 6.29. The summed E-state index contributed by atoms with van der Waals surface area (Å²) in [6, 6.07) is 1.76. The van der Waals surface area contributed by atoms with Gasteiger partial charge in [-0.1, -0.05) is 11.6 Å². The third kappa shape index (κ3) is 6.88. The number of ketones is 1. The van der Waals surface area contributed by atoms with Crippen LogP contribution in [0.2, 0.25) is 5.15 Å². The average Bonchev–Trinajstić information content (AvgIpc) is 3.49. The van der Waals surface area contributed by atoms with Gasteiger partial charge in [0.05, 0.1) is 5.56 Å². The highest BCUT2D eigenvalue weighted by Crippen LogP contribution is 2.35. The molecule has 6 nitrogen and oxygen atoms in total. The number of nitrogens with one attached hydrogen (secondary N) is 2. The Morgan fingerprint density at radius 3 is 2.31 bits per heavy atom. The van der Waals surface area contributed by atoms with E-state index in [1.807, 2.05) is 20.8 Å². The molecule has 2 saturated carbocycles. The predicted octanol–water partition coefficient (Wildman–Crippen LogP) is 5.07. The molecule has 0 saturated heterocycles. The third-order valence-corrected chi connectivity index (χ3v) is 5.77. The molecule has 0 unspecified atom stereocenters. The van der Waals surface area contributed by atoms with Gasteiger partial charge >= 0.3 is 6.09 Å². The van der Waals surface area contributed by atoms with Gasteiger partial charge in [0.25, 0.3) is 0 Å². The van der Waals surface area contributed by atoms with Crippen LogP contribution in [0.3, 0.4) is 0 Å². The Hall–Kier alpha value is -1.82. The molecule has 1 aromatic rings. The zero-order valence-corrected chi connectivity index (χ0v) is 18.3. The fourth-order valence-electron chi connectivity index (χ4n) is 3.77. The van der Waals surface area contributed by atoms with Crippen molar-refractivity contribution >= 4 is 29.2 Å². The molecule has 0 bridgehead atoms. The van der Waals surface area contributed by atoms with Gasteiger partial charge < -0.3 is 15.4 Å². The van der Waals surface area contributed by atoms with E-state index in [1.54, 1.807) is 12.3 Å². The zero-order valence-electron chi connectivity index (χ0n) is 17.6. The van der Waals surface area contributed by atoms with Crippen LogP contribution in [0.5, 0.6) is 0 Å². The topological polar surface area (TPSA) is 80.3 Å². The molecule has 0 atom stereocenters. The van der Waals surface area contributed by atoms with Crippen LogP contribution < -0.4 is 10.6 Å². The number of Topliss-reactive ketones (excluding diaryl/α,β-unsaturated/α-hetero) is 1. The summed E-state index contributed by atoms with van der Waals surface area (Å²) in [5.74, 6) is 1.37. The Bertz CT molecular complexity index is 735. The summed E-state index contributed by atoms with van der Waals surface area (Å²) in [5.41, 5.74) is 0.992. The van der Waals surface area contributed by atoms with E-state index in [0.29, 0.717) is 29.1 Å². The second kappa shape index (κ2) is 9.33. The Balaban J connectivity index is 1.43. The normalized spacial score (nSPS) is 22.1. The van der Waals surface area contributed by atoms with E-state index in [9.17, 15) is 9.59 Å². The van der Waals surface area contributed by atoms with Gasteiger partial charge in [0, 0.05) is 30.9 Å². The lowest BCUT2D eigenvalue weighted by Gasteiger charge is -2.29. The number of alkyl carbamates (subject to hydrolysis) is 1. The van der Waals surface area contributed by atoms with Gasteiger partial charge in [-0.25, -0.2) is 9.78 Å². The molecule has 2 fully saturated rings. The Morgan fingerprint density at radius 1 is 1.10 bits per heavy atom. The van der Waals surface area contributed by atoms with Crippen LogP contribution in [0.4, 0.5) is 10.5 Å². The molecule has 2 aliphatic rings. The number of hydrogen-bond acceptors (Lipinski definition) is 5. The largest absolute Gasteiger partial charge is 0.444 e. The molecule has 160 valence electrons. The fraction of sp³-hybridized carbons (Fsp3) is 0.682. The number of rotatable bonds is 7. The van der Waals surface area contributed by atoms with Crippen LogP contribution in [0.1, 0.15) is 69.7 Å². The maximum atomic E-state index is 12.5. The molecule has 3 rings (SSSR count). The Morgan fingerprint density at radius 2 is 1.72 bits per heavy atom. The summed E-state index contributed by atoms with van der Waals surface area (Å²) < 4.78 is 5.30. The second-order valence-electron chi connectivity index (χ2n) is 9.34. The number of carbonyl (C=O) groups excluding carboxylic acids is 2. The van der Waals surface area contributed by atoms with Gasteiger partial charge in [-0.2, -0.15) is 0 Å². The summed E-state index contributed by atoms with van der Waals surface area (Å²) >= 11 is 6.05. The van der Waals surface area contributed by atoms with Crippen molar-refractivity contribution in [1.82, 2.24) is 10.3 Å². The number of hydrogen-bond donors (Lipinski definition) is 2. The van der Waals surface area contributed by atoms with E-state index < -0.39 is 5.60 Å². The molecule has 2 N–H and O–H groups in total. The maximum absolute atomic E-state index is 12.5. The minimum Gasteiger partial charge on any atom is -0.444 e. The first-order valence-corrected chi connectivity index (χ1v) is 11.0. The molecule has 0 spiro atoms.